The molecule has 5 rings (SSSR count). The maximum Gasteiger partial charge on any atom is 0.490 e. The third-order valence-corrected chi connectivity index (χ3v) is 7.28. The van der Waals surface area contributed by atoms with Gasteiger partial charge in [-0.1, -0.05) is 47.7 Å². The van der Waals surface area contributed by atoms with Crippen LogP contribution in [0.25, 0.3) is 11.0 Å². The summed E-state index contributed by atoms with van der Waals surface area (Å²) in [5.74, 6) is -2.90. The van der Waals surface area contributed by atoms with Gasteiger partial charge in [0.2, 0.25) is 0 Å². The summed E-state index contributed by atoms with van der Waals surface area (Å²) in [4.78, 5) is 23.2. The van der Waals surface area contributed by atoms with Gasteiger partial charge in [0.25, 0.3) is 0 Å². The van der Waals surface area contributed by atoms with Crippen molar-refractivity contribution in [2.24, 2.45) is 7.05 Å². The van der Waals surface area contributed by atoms with E-state index in [1.165, 1.54) is 16.7 Å². The zero-order valence-corrected chi connectivity index (χ0v) is 23.4. The first-order chi connectivity index (χ1) is 19.8. The van der Waals surface area contributed by atoms with Crippen LogP contribution in [0.5, 0.6) is 5.75 Å². The van der Waals surface area contributed by atoms with Crippen LogP contribution in [0.4, 0.5) is 13.2 Å². The van der Waals surface area contributed by atoms with E-state index in [1.54, 1.807) is 4.68 Å². The average molecular weight is 585 g/mol. The lowest BCUT2D eigenvalue weighted by molar-refractivity contribution is -0.192. The highest BCUT2D eigenvalue weighted by molar-refractivity contribution is 5.80. The number of hydrogen-bond acceptors (Lipinski definition) is 6. The molecule has 0 saturated heterocycles. The first-order valence-corrected chi connectivity index (χ1v) is 13.2. The molecular weight excluding hydrogens is 553 g/mol. The number of nitrogens with zero attached hydrogens (tertiary/aromatic N) is 4. The van der Waals surface area contributed by atoms with Gasteiger partial charge in [-0.15, -0.1) is 5.10 Å². The van der Waals surface area contributed by atoms with Crippen LogP contribution in [0.1, 0.15) is 45.7 Å². The smallest absolute Gasteiger partial charge is 0.490 e. The standard InChI is InChI=1S/C28H30N4O3.C2HF3O2/c1-18-8-9-20(14-22(18)17-32-12-13-35-26-7-5-4-6-21(26)16-32)24(15-27(33)34)23-10-11-25-28(19(23)2)29-30-31(25)3;3-2(4,5)1(6)7/h4-11,14,24H,12-13,15-17H2,1-3H3,(H,33,34);(H,6,7). The lowest BCUT2D eigenvalue weighted by atomic mass is 9.84. The first kappa shape index (κ1) is 30.5. The highest BCUT2D eigenvalue weighted by Gasteiger charge is 2.38. The van der Waals surface area contributed by atoms with Crippen LogP contribution in [-0.4, -0.2) is 61.4 Å². The maximum absolute atomic E-state index is 11.9. The summed E-state index contributed by atoms with van der Waals surface area (Å²) in [6.45, 7) is 7.20. The Bertz CT molecular complexity index is 1600. The number of para-hydroxylation sites is 1. The minimum absolute atomic E-state index is 0.0139. The van der Waals surface area contributed by atoms with Crippen LogP contribution in [0.3, 0.4) is 0 Å². The van der Waals surface area contributed by atoms with E-state index in [1.807, 2.05) is 44.3 Å². The number of aliphatic carboxylic acids is 2. The Hall–Kier alpha value is -4.45. The van der Waals surface area contributed by atoms with Gasteiger partial charge in [0.05, 0.1) is 11.9 Å². The Morgan fingerprint density at radius 3 is 2.48 bits per heavy atom. The topological polar surface area (TPSA) is 118 Å². The highest BCUT2D eigenvalue weighted by Crippen LogP contribution is 2.34. The minimum atomic E-state index is -5.08. The van der Waals surface area contributed by atoms with Crippen molar-refractivity contribution >= 4 is 23.0 Å². The van der Waals surface area contributed by atoms with E-state index in [0.717, 1.165) is 53.1 Å². The van der Waals surface area contributed by atoms with Gasteiger partial charge in [-0.05, 0) is 53.8 Å². The van der Waals surface area contributed by atoms with Crippen LogP contribution in [-0.2, 0) is 29.7 Å². The van der Waals surface area contributed by atoms with Gasteiger partial charge in [0.15, 0.2) is 0 Å². The molecule has 4 aromatic rings. The molecule has 1 atom stereocenters. The summed E-state index contributed by atoms with van der Waals surface area (Å²) >= 11 is 0. The molecule has 2 N–H and O–H groups in total. The van der Waals surface area contributed by atoms with Crippen molar-refractivity contribution in [2.45, 2.75) is 45.5 Å². The molecule has 9 nitrogen and oxygen atoms in total. The number of halogens is 3. The van der Waals surface area contributed by atoms with Gasteiger partial charge in [0.1, 0.15) is 17.9 Å². The summed E-state index contributed by atoms with van der Waals surface area (Å²) in [5.41, 5.74) is 8.31. The number of aromatic nitrogens is 3. The Morgan fingerprint density at radius 2 is 1.79 bits per heavy atom. The van der Waals surface area contributed by atoms with E-state index in [9.17, 15) is 23.1 Å². The van der Waals surface area contributed by atoms with Crippen molar-refractivity contribution in [2.75, 3.05) is 13.2 Å². The predicted molar refractivity (Wildman–Crippen MR) is 148 cm³/mol. The molecule has 42 heavy (non-hydrogen) atoms. The fourth-order valence-corrected chi connectivity index (χ4v) is 5.04. The van der Waals surface area contributed by atoms with Crippen LogP contribution in [0.15, 0.2) is 54.6 Å². The number of carboxylic acid groups (broad SMARTS) is 2. The lowest BCUT2D eigenvalue weighted by Gasteiger charge is -2.23. The molecular formula is C30H31F3N4O5. The second kappa shape index (κ2) is 12.6. The van der Waals surface area contributed by atoms with Gasteiger partial charge in [-0.2, -0.15) is 13.2 Å². The molecule has 1 unspecified atom stereocenters. The first-order valence-electron chi connectivity index (χ1n) is 13.2. The molecule has 0 saturated carbocycles. The SMILES string of the molecule is Cc1ccc(C(CC(=O)O)c2ccc3c(nnn3C)c2C)cc1CN1CCOc2ccccc2C1.O=C(O)C(F)(F)F. The second-order valence-corrected chi connectivity index (χ2v) is 10.2. The molecule has 12 heteroatoms. The number of rotatable bonds is 6. The monoisotopic (exact) mass is 584 g/mol. The van der Waals surface area contributed by atoms with E-state index in [2.05, 4.69) is 46.4 Å². The molecule has 1 aliphatic heterocycles. The van der Waals surface area contributed by atoms with E-state index in [4.69, 9.17) is 14.6 Å². The summed E-state index contributed by atoms with van der Waals surface area (Å²) in [7, 11) is 1.86. The normalized spacial score (nSPS) is 14.2. The summed E-state index contributed by atoms with van der Waals surface area (Å²) in [6.07, 6.45) is -5.07. The number of benzene rings is 3. The van der Waals surface area contributed by atoms with E-state index >= 15 is 0 Å². The van der Waals surface area contributed by atoms with Crippen LogP contribution in [0, 0.1) is 13.8 Å². The van der Waals surface area contributed by atoms with E-state index in [-0.39, 0.29) is 12.3 Å². The number of aryl methyl sites for hydroxylation is 3. The van der Waals surface area contributed by atoms with E-state index in [0.29, 0.717) is 6.61 Å². The van der Waals surface area contributed by atoms with Gasteiger partial charge in [0, 0.05) is 38.2 Å². The van der Waals surface area contributed by atoms with E-state index < -0.39 is 18.1 Å². The van der Waals surface area contributed by atoms with Gasteiger partial charge in [-0.25, -0.2) is 9.48 Å². The minimum Gasteiger partial charge on any atom is -0.492 e. The van der Waals surface area contributed by atoms with Crippen LogP contribution in [0.2, 0.25) is 0 Å². The van der Waals surface area contributed by atoms with Gasteiger partial charge >= 0.3 is 18.1 Å². The van der Waals surface area contributed by atoms with Crippen molar-refractivity contribution in [3.63, 3.8) is 0 Å². The molecule has 0 radical (unpaired) electrons. The fourth-order valence-electron chi connectivity index (χ4n) is 5.04. The molecule has 2 heterocycles. The summed E-state index contributed by atoms with van der Waals surface area (Å²) in [6, 6.07) is 18.6. The number of hydrogen-bond donors (Lipinski definition) is 2. The molecule has 1 aromatic heterocycles. The lowest BCUT2D eigenvalue weighted by Crippen LogP contribution is -2.25. The van der Waals surface area contributed by atoms with Crippen LogP contribution < -0.4 is 4.74 Å². The number of ether oxygens (including phenoxy) is 1. The Kier molecular flexibility index (Phi) is 9.15. The second-order valence-electron chi connectivity index (χ2n) is 10.2. The molecule has 0 fully saturated rings. The van der Waals surface area contributed by atoms with Gasteiger partial charge in [-0.3, -0.25) is 9.69 Å². The molecule has 3 aromatic carbocycles. The van der Waals surface area contributed by atoms with Crippen LogP contribution >= 0.6 is 0 Å². The zero-order chi connectivity index (χ0) is 30.6. The number of fused-ring (bicyclic) bond motifs is 2. The number of alkyl halides is 3. The molecule has 0 bridgehead atoms. The maximum atomic E-state index is 11.9. The van der Waals surface area contributed by atoms with Crippen molar-refractivity contribution in [1.29, 1.82) is 0 Å². The Labute approximate surface area is 240 Å². The zero-order valence-electron chi connectivity index (χ0n) is 23.4. The quantitative estimate of drug-likeness (QED) is 0.317. The van der Waals surface area contributed by atoms with Crippen molar-refractivity contribution in [3.8, 4) is 5.75 Å². The fraction of sp³-hybridized carbons (Fsp3) is 0.333. The third kappa shape index (κ3) is 7.06. The highest BCUT2D eigenvalue weighted by atomic mass is 19.4. The predicted octanol–water partition coefficient (Wildman–Crippen LogP) is 5.22. The Balaban J connectivity index is 0.000000517. The van der Waals surface area contributed by atoms with Crippen molar-refractivity contribution in [1.82, 2.24) is 19.9 Å². The molecule has 0 aliphatic carbocycles. The third-order valence-electron chi connectivity index (χ3n) is 7.28. The van der Waals surface area contributed by atoms with Crippen molar-refractivity contribution in [3.05, 3.63) is 88.0 Å². The molecule has 1 aliphatic rings. The molecule has 0 spiro atoms. The molecule has 222 valence electrons. The van der Waals surface area contributed by atoms with Gasteiger partial charge < -0.3 is 14.9 Å². The summed E-state index contributed by atoms with van der Waals surface area (Å²) in [5, 5.41) is 25.4. The number of carboxylic acids is 2. The largest absolute Gasteiger partial charge is 0.492 e. The average Bonchev–Trinajstić information content (AvgIpc) is 3.18. The Morgan fingerprint density at radius 1 is 1.07 bits per heavy atom. The van der Waals surface area contributed by atoms with Crippen molar-refractivity contribution < 1.29 is 37.7 Å². The number of carbonyl (C=O) groups is 2. The summed E-state index contributed by atoms with van der Waals surface area (Å²) < 4.78 is 39.4. The molecule has 0 amide bonds.